The van der Waals surface area contributed by atoms with Gasteiger partial charge in [-0.3, -0.25) is 4.79 Å². The van der Waals surface area contributed by atoms with Gasteiger partial charge in [0.2, 0.25) is 5.91 Å². The summed E-state index contributed by atoms with van der Waals surface area (Å²) in [7, 11) is 0. The molecule has 2 rings (SSSR count). The number of carbonyl (C=O) groups excluding carboxylic acids is 1. The summed E-state index contributed by atoms with van der Waals surface area (Å²) in [4.78, 5) is 14.6. The Morgan fingerprint density at radius 3 is 2.35 bits per heavy atom. The molecule has 6 heteroatoms. The molecular formula is C17H22ClN3OS. The molecule has 0 saturated carbocycles. The van der Waals surface area contributed by atoms with Crippen molar-refractivity contribution < 1.29 is 4.79 Å². The largest absolute Gasteiger partial charge is 0.304 e. The molecule has 124 valence electrons. The number of nitrogens with zero attached hydrogens (tertiary/aromatic N) is 3. The molecule has 1 unspecified atom stereocenters. The maximum absolute atomic E-state index is 12.9. The summed E-state index contributed by atoms with van der Waals surface area (Å²) in [6.45, 7) is 8.32. The van der Waals surface area contributed by atoms with Crippen molar-refractivity contribution >= 4 is 34.5 Å². The molecule has 0 aliphatic heterocycles. The number of amides is 1. The number of halogens is 1. The number of hydrogen-bond acceptors (Lipinski definition) is 4. The lowest BCUT2D eigenvalue weighted by Gasteiger charge is -2.30. The van der Waals surface area contributed by atoms with E-state index in [0.29, 0.717) is 6.54 Å². The SMILES string of the molecule is CCc1nnc(CN(C(=O)C(Cl)C(C)(C)C)c2ccccc2)s1. The van der Waals surface area contributed by atoms with E-state index in [1.54, 1.807) is 4.90 Å². The smallest absolute Gasteiger partial charge is 0.245 e. The Labute approximate surface area is 146 Å². The zero-order valence-corrected chi connectivity index (χ0v) is 15.5. The zero-order valence-electron chi connectivity index (χ0n) is 13.9. The minimum absolute atomic E-state index is 0.112. The Kier molecular flexibility index (Phi) is 5.76. The van der Waals surface area contributed by atoms with Gasteiger partial charge in [0.05, 0.1) is 6.54 Å². The van der Waals surface area contributed by atoms with Gasteiger partial charge in [0, 0.05) is 5.69 Å². The monoisotopic (exact) mass is 351 g/mol. The van der Waals surface area contributed by atoms with Gasteiger partial charge in [-0.1, -0.05) is 57.2 Å². The molecule has 0 aliphatic carbocycles. The normalized spacial score (nSPS) is 12.9. The minimum Gasteiger partial charge on any atom is -0.304 e. The van der Waals surface area contributed by atoms with Crippen LogP contribution in [0.5, 0.6) is 0 Å². The highest BCUT2D eigenvalue weighted by Crippen LogP contribution is 2.29. The molecule has 1 heterocycles. The summed E-state index contributed by atoms with van der Waals surface area (Å²) in [5.74, 6) is -0.112. The van der Waals surface area contributed by atoms with Crippen LogP contribution in [-0.4, -0.2) is 21.5 Å². The van der Waals surface area contributed by atoms with Crippen LogP contribution < -0.4 is 4.90 Å². The summed E-state index contributed by atoms with van der Waals surface area (Å²) in [5.41, 5.74) is 0.502. The molecule has 1 aromatic carbocycles. The van der Waals surface area contributed by atoms with E-state index in [1.807, 2.05) is 58.0 Å². The Morgan fingerprint density at radius 2 is 1.83 bits per heavy atom. The topological polar surface area (TPSA) is 46.1 Å². The van der Waals surface area contributed by atoms with Gasteiger partial charge < -0.3 is 4.90 Å². The van der Waals surface area contributed by atoms with Crippen molar-refractivity contribution in [1.82, 2.24) is 10.2 Å². The van der Waals surface area contributed by atoms with Crippen molar-refractivity contribution in [2.75, 3.05) is 4.90 Å². The Bertz CT molecular complexity index is 651. The second-order valence-corrected chi connectivity index (χ2v) is 8.01. The number of alkyl halides is 1. The lowest BCUT2D eigenvalue weighted by molar-refractivity contribution is -0.120. The van der Waals surface area contributed by atoms with Gasteiger partial charge in [0.25, 0.3) is 0 Å². The lowest BCUT2D eigenvalue weighted by atomic mass is 9.91. The number of carbonyl (C=O) groups is 1. The van der Waals surface area contributed by atoms with Gasteiger partial charge in [-0.2, -0.15) is 0 Å². The number of benzene rings is 1. The highest BCUT2D eigenvalue weighted by Gasteiger charge is 2.33. The van der Waals surface area contributed by atoms with Crippen LogP contribution >= 0.6 is 22.9 Å². The standard InChI is InChI=1S/C17H22ClN3OS/c1-5-13-19-20-14(23-13)11-21(12-9-7-6-8-10-12)16(22)15(18)17(2,3)4/h6-10,15H,5,11H2,1-4H3. The lowest BCUT2D eigenvalue weighted by Crippen LogP contribution is -2.42. The average Bonchev–Trinajstić information content (AvgIpc) is 2.99. The number of aromatic nitrogens is 2. The molecule has 0 spiro atoms. The van der Waals surface area contributed by atoms with Crippen molar-refractivity contribution in [1.29, 1.82) is 0 Å². The van der Waals surface area contributed by atoms with Crippen molar-refractivity contribution in [3.63, 3.8) is 0 Å². The van der Waals surface area contributed by atoms with Gasteiger partial charge in [0.1, 0.15) is 15.4 Å². The van der Waals surface area contributed by atoms with Crippen LogP contribution in [0.2, 0.25) is 0 Å². The van der Waals surface area contributed by atoms with Crippen LogP contribution in [0.3, 0.4) is 0 Å². The zero-order chi connectivity index (χ0) is 17.0. The molecule has 4 nitrogen and oxygen atoms in total. The Balaban J connectivity index is 2.30. The van der Waals surface area contributed by atoms with E-state index >= 15 is 0 Å². The molecule has 0 aliphatic rings. The summed E-state index contributed by atoms with van der Waals surface area (Å²) in [6, 6.07) is 9.56. The number of rotatable bonds is 5. The van der Waals surface area contributed by atoms with Crippen LogP contribution in [0.4, 0.5) is 5.69 Å². The van der Waals surface area contributed by atoms with E-state index < -0.39 is 5.38 Å². The second kappa shape index (κ2) is 7.41. The van der Waals surface area contributed by atoms with E-state index in [4.69, 9.17) is 11.6 Å². The van der Waals surface area contributed by atoms with Gasteiger partial charge in [-0.15, -0.1) is 21.8 Å². The first-order valence-electron chi connectivity index (χ1n) is 7.64. The fraction of sp³-hybridized carbons (Fsp3) is 0.471. The fourth-order valence-corrected chi connectivity index (χ4v) is 2.93. The Hall–Kier alpha value is -1.46. The maximum Gasteiger partial charge on any atom is 0.245 e. The first-order chi connectivity index (χ1) is 10.8. The summed E-state index contributed by atoms with van der Waals surface area (Å²) in [6.07, 6.45) is 0.844. The van der Waals surface area contributed by atoms with Crippen LogP contribution in [-0.2, 0) is 17.8 Å². The van der Waals surface area contributed by atoms with Crippen LogP contribution in [0, 0.1) is 5.41 Å². The first-order valence-corrected chi connectivity index (χ1v) is 8.90. The highest BCUT2D eigenvalue weighted by molar-refractivity contribution is 7.11. The van der Waals surface area contributed by atoms with Gasteiger partial charge >= 0.3 is 0 Å². The van der Waals surface area contributed by atoms with Gasteiger partial charge in [-0.25, -0.2) is 0 Å². The molecule has 1 atom stereocenters. The summed E-state index contributed by atoms with van der Waals surface area (Å²) in [5, 5.41) is 9.50. The molecule has 0 radical (unpaired) electrons. The second-order valence-electron chi connectivity index (χ2n) is 6.43. The Morgan fingerprint density at radius 1 is 1.22 bits per heavy atom. The van der Waals surface area contributed by atoms with Gasteiger partial charge in [-0.05, 0) is 24.0 Å². The predicted octanol–water partition coefficient (Wildman–Crippen LogP) is 4.29. The van der Waals surface area contributed by atoms with E-state index in [1.165, 1.54) is 11.3 Å². The van der Waals surface area contributed by atoms with Gasteiger partial charge in [0.15, 0.2) is 0 Å². The van der Waals surface area contributed by atoms with E-state index in [0.717, 1.165) is 22.1 Å². The van der Waals surface area contributed by atoms with E-state index in [9.17, 15) is 4.79 Å². The summed E-state index contributed by atoms with van der Waals surface area (Å²) >= 11 is 7.96. The van der Waals surface area contributed by atoms with Crippen LogP contribution in [0.15, 0.2) is 30.3 Å². The molecule has 0 saturated heterocycles. The van der Waals surface area contributed by atoms with Crippen molar-refractivity contribution in [3.8, 4) is 0 Å². The molecule has 0 N–H and O–H groups in total. The van der Waals surface area contributed by atoms with Crippen molar-refractivity contribution in [2.24, 2.45) is 5.41 Å². The van der Waals surface area contributed by atoms with Crippen molar-refractivity contribution in [3.05, 3.63) is 40.3 Å². The molecule has 2 aromatic rings. The molecule has 0 bridgehead atoms. The van der Waals surface area contributed by atoms with Crippen LogP contribution in [0.25, 0.3) is 0 Å². The number of hydrogen-bond donors (Lipinski definition) is 0. The van der Waals surface area contributed by atoms with E-state index in [2.05, 4.69) is 10.2 Å². The molecular weight excluding hydrogens is 330 g/mol. The number of para-hydroxylation sites is 1. The number of anilines is 1. The van der Waals surface area contributed by atoms with Crippen molar-refractivity contribution in [2.45, 2.75) is 46.0 Å². The molecule has 1 aromatic heterocycles. The molecule has 0 fully saturated rings. The van der Waals surface area contributed by atoms with E-state index in [-0.39, 0.29) is 11.3 Å². The highest BCUT2D eigenvalue weighted by atomic mass is 35.5. The molecule has 1 amide bonds. The molecule has 23 heavy (non-hydrogen) atoms. The maximum atomic E-state index is 12.9. The third-order valence-corrected chi connectivity index (χ3v) is 5.31. The minimum atomic E-state index is -0.610. The van der Waals surface area contributed by atoms with Crippen LogP contribution in [0.1, 0.15) is 37.7 Å². The fourth-order valence-electron chi connectivity index (χ4n) is 2.04. The summed E-state index contributed by atoms with van der Waals surface area (Å²) < 4.78 is 0. The third kappa shape index (κ3) is 4.52. The quantitative estimate of drug-likeness (QED) is 0.755. The number of aryl methyl sites for hydroxylation is 1. The predicted molar refractivity (Wildman–Crippen MR) is 96.0 cm³/mol. The third-order valence-electron chi connectivity index (χ3n) is 3.42. The average molecular weight is 352 g/mol. The first kappa shape index (κ1) is 17.9.